The average Bonchev–Trinajstić information content (AvgIpc) is 3.55. The van der Waals surface area contributed by atoms with E-state index in [0.29, 0.717) is 43.4 Å². The third-order valence-corrected chi connectivity index (χ3v) is 8.45. The van der Waals surface area contributed by atoms with Gasteiger partial charge < -0.3 is 9.47 Å². The van der Waals surface area contributed by atoms with Crippen LogP contribution in [0.5, 0.6) is 0 Å². The van der Waals surface area contributed by atoms with Gasteiger partial charge in [-0.3, -0.25) is 4.79 Å². The molecule has 0 spiro atoms. The number of sulfonamides is 1. The van der Waals surface area contributed by atoms with Crippen LogP contribution < -0.4 is 0 Å². The van der Waals surface area contributed by atoms with Crippen molar-refractivity contribution in [3.05, 3.63) is 24.0 Å². The monoisotopic (exact) mass is 476 g/mol. The van der Waals surface area contributed by atoms with Gasteiger partial charge in [-0.25, -0.2) is 13.4 Å². The van der Waals surface area contributed by atoms with Crippen LogP contribution in [0.1, 0.15) is 72.5 Å². The smallest absolute Gasteiger partial charge is 0.243 e. The molecule has 0 aliphatic heterocycles. The molecule has 33 heavy (non-hydrogen) atoms. The van der Waals surface area contributed by atoms with E-state index in [0.717, 1.165) is 50.1 Å². The lowest BCUT2D eigenvalue weighted by Gasteiger charge is -2.23. The number of benzene rings is 1. The zero-order chi connectivity index (χ0) is 24.2. The Morgan fingerprint density at radius 2 is 1.88 bits per heavy atom. The Bertz CT molecular complexity index is 1050. The zero-order valence-corrected chi connectivity index (χ0v) is 21.7. The number of rotatable bonds is 13. The molecule has 1 saturated carbocycles. The molecule has 2 aromatic rings. The van der Waals surface area contributed by atoms with Gasteiger partial charge in [0.15, 0.2) is 0 Å². The highest BCUT2D eigenvalue weighted by Gasteiger charge is 2.32. The lowest BCUT2D eigenvalue weighted by molar-refractivity contribution is -0.131. The van der Waals surface area contributed by atoms with Crippen LogP contribution in [0.15, 0.2) is 23.1 Å². The van der Waals surface area contributed by atoms with Gasteiger partial charge in [-0.05, 0) is 49.8 Å². The number of aromatic nitrogens is 2. The summed E-state index contributed by atoms with van der Waals surface area (Å²) < 4.78 is 29.5. The van der Waals surface area contributed by atoms with Gasteiger partial charge in [0, 0.05) is 45.1 Å². The fraction of sp³-hybridized carbons (Fsp3) is 0.680. The number of fused-ring (bicyclic) bond motifs is 1. The van der Waals surface area contributed by atoms with E-state index in [2.05, 4.69) is 30.2 Å². The molecule has 0 unspecified atom stereocenters. The topological polar surface area (TPSA) is 75.5 Å². The van der Waals surface area contributed by atoms with Crippen molar-refractivity contribution in [2.75, 3.05) is 19.6 Å². The molecule has 184 valence electrons. The Labute approximate surface area is 199 Å². The van der Waals surface area contributed by atoms with E-state index in [4.69, 9.17) is 4.98 Å². The Kier molecular flexibility index (Phi) is 8.56. The minimum Gasteiger partial charge on any atom is -0.340 e. The number of carbonyl (C=O) groups is 1. The number of aryl methyl sites for hydroxylation is 2. The summed E-state index contributed by atoms with van der Waals surface area (Å²) in [7, 11) is -3.54. The second kappa shape index (κ2) is 11.0. The molecule has 7 nitrogen and oxygen atoms in total. The maximum absolute atomic E-state index is 13.0. The summed E-state index contributed by atoms with van der Waals surface area (Å²) in [5.41, 5.74) is 1.61. The Morgan fingerprint density at radius 1 is 1.18 bits per heavy atom. The minimum atomic E-state index is -3.54. The summed E-state index contributed by atoms with van der Waals surface area (Å²) >= 11 is 0. The van der Waals surface area contributed by atoms with Crippen LogP contribution in [-0.4, -0.2) is 58.8 Å². The number of imidazole rings is 1. The van der Waals surface area contributed by atoms with Crippen LogP contribution in [0.3, 0.4) is 0 Å². The maximum atomic E-state index is 13.0. The van der Waals surface area contributed by atoms with Crippen molar-refractivity contribution in [3.8, 4) is 0 Å². The normalized spacial score (nSPS) is 14.5. The van der Waals surface area contributed by atoms with Crippen LogP contribution in [-0.2, 0) is 27.8 Å². The van der Waals surface area contributed by atoms with E-state index < -0.39 is 10.0 Å². The van der Waals surface area contributed by atoms with E-state index in [1.54, 1.807) is 12.1 Å². The molecule has 1 amide bonds. The molecule has 0 N–H and O–H groups in total. The van der Waals surface area contributed by atoms with Crippen molar-refractivity contribution in [1.82, 2.24) is 18.8 Å². The standard InChI is InChI=1S/C25H40N4O3S/c1-6-16-29-23-12-11-21(33(31,32)27(7-2)8-3)18-22(23)26-24(29)13-14-25(30)28(20-9-10-20)17-15-19(4)5/h11-12,18-20H,6-10,13-17H2,1-5H3. The Hall–Kier alpha value is -1.93. The van der Waals surface area contributed by atoms with E-state index in [-0.39, 0.29) is 10.8 Å². The summed E-state index contributed by atoms with van der Waals surface area (Å²) in [5.74, 6) is 1.64. The summed E-state index contributed by atoms with van der Waals surface area (Å²) in [6.07, 6.45) is 5.20. The molecule has 0 saturated heterocycles. The SMILES string of the molecule is CCCn1c(CCC(=O)N(CCC(C)C)C2CC2)nc2cc(S(=O)(=O)N(CC)CC)ccc21. The van der Waals surface area contributed by atoms with Gasteiger partial charge >= 0.3 is 0 Å². The van der Waals surface area contributed by atoms with E-state index in [9.17, 15) is 13.2 Å². The number of amides is 1. The summed E-state index contributed by atoms with van der Waals surface area (Å²) in [6.45, 7) is 12.7. The lowest BCUT2D eigenvalue weighted by atomic mass is 10.1. The lowest BCUT2D eigenvalue weighted by Crippen LogP contribution is -2.34. The molecule has 0 atom stereocenters. The van der Waals surface area contributed by atoms with Gasteiger partial charge in [-0.2, -0.15) is 4.31 Å². The minimum absolute atomic E-state index is 0.207. The highest BCUT2D eigenvalue weighted by molar-refractivity contribution is 7.89. The molecule has 1 fully saturated rings. The van der Waals surface area contributed by atoms with Gasteiger partial charge in [0.1, 0.15) is 5.82 Å². The van der Waals surface area contributed by atoms with Gasteiger partial charge in [-0.15, -0.1) is 0 Å². The third-order valence-electron chi connectivity index (χ3n) is 6.41. The summed E-state index contributed by atoms with van der Waals surface area (Å²) in [4.78, 5) is 20.2. The largest absolute Gasteiger partial charge is 0.340 e. The molecule has 0 bridgehead atoms. The second-order valence-corrected chi connectivity index (χ2v) is 11.4. The molecule has 1 aliphatic rings. The van der Waals surface area contributed by atoms with Crippen molar-refractivity contribution in [2.24, 2.45) is 5.92 Å². The van der Waals surface area contributed by atoms with Gasteiger partial charge in [0.05, 0.1) is 15.9 Å². The molecule has 8 heteroatoms. The van der Waals surface area contributed by atoms with Crippen molar-refractivity contribution in [3.63, 3.8) is 0 Å². The molecular weight excluding hydrogens is 436 g/mol. The molecule has 1 heterocycles. The molecule has 0 radical (unpaired) electrons. The highest BCUT2D eigenvalue weighted by atomic mass is 32.2. The van der Waals surface area contributed by atoms with Crippen LogP contribution in [0, 0.1) is 5.92 Å². The van der Waals surface area contributed by atoms with E-state index in [1.807, 2.05) is 19.9 Å². The zero-order valence-electron chi connectivity index (χ0n) is 20.9. The van der Waals surface area contributed by atoms with Crippen molar-refractivity contribution in [1.29, 1.82) is 0 Å². The van der Waals surface area contributed by atoms with E-state index in [1.165, 1.54) is 4.31 Å². The fourth-order valence-corrected chi connectivity index (χ4v) is 5.83. The number of hydrogen-bond acceptors (Lipinski definition) is 4. The summed E-state index contributed by atoms with van der Waals surface area (Å²) in [6, 6.07) is 5.64. The number of nitrogens with zero attached hydrogens (tertiary/aromatic N) is 4. The van der Waals surface area contributed by atoms with Crippen LogP contribution in [0.25, 0.3) is 11.0 Å². The first-order valence-electron chi connectivity index (χ1n) is 12.5. The molecule has 1 aromatic heterocycles. The highest BCUT2D eigenvalue weighted by Crippen LogP contribution is 2.29. The predicted molar refractivity (Wildman–Crippen MR) is 133 cm³/mol. The first-order valence-corrected chi connectivity index (χ1v) is 14.0. The van der Waals surface area contributed by atoms with Crippen molar-refractivity contribution >= 4 is 27.0 Å². The van der Waals surface area contributed by atoms with Gasteiger partial charge in [-0.1, -0.05) is 34.6 Å². The van der Waals surface area contributed by atoms with Gasteiger partial charge in [0.2, 0.25) is 15.9 Å². The van der Waals surface area contributed by atoms with Crippen LogP contribution >= 0.6 is 0 Å². The number of hydrogen-bond donors (Lipinski definition) is 0. The van der Waals surface area contributed by atoms with Gasteiger partial charge in [0.25, 0.3) is 0 Å². The quantitative estimate of drug-likeness (QED) is 0.428. The summed E-state index contributed by atoms with van der Waals surface area (Å²) in [5, 5.41) is 0. The van der Waals surface area contributed by atoms with Crippen LogP contribution in [0.2, 0.25) is 0 Å². The Balaban J connectivity index is 1.83. The second-order valence-electron chi connectivity index (χ2n) is 9.42. The van der Waals surface area contributed by atoms with E-state index >= 15 is 0 Å². The predicted octanol–water partition coefficient (Wildman–Crippen LogP) is 4.45. The first kappa shape index (κ1) is 25.7. The molecular formula is C25H40N4O3S. The fourth-order valence-electron chi connectivity index (χ4n) is 4.35. The third kappa shape index (κ3) is 5.96. The Morgan fingerprint density at radius 3 is 2.45 bits per heavy atom. The molecule has 3 rings (SSSR count). The van der Waals surface area contributed by atoms with Crippen molar-refractivity contribution < 1.29 is 13.2 Å². The molecule has 1 aromatic carbocycles. The van der Waals surface area contributed by atoms with Crippen LogP contribution in [0.4, 0.5) is 0 Å². The van der Waals surface area contributed by atoms with Crippen molar-refractivity contribution in [2.45, 2.75) is 90.6 Å². The molecule has 1 aliphatic carbocycles. The maximum Gasteiger partial charge on any atom is 0.243 e. The number of carbonyl (C=O) groups excluding carboxylic acids is 1. The average molecular weight is 477 g/mol. The first-order chi connectivity index (χ1) is 15.7.